The predicted molar refractivity (Wildman–Crippen MR) is 93.2 cm³/mol. The molecule has 2 aromatic carbocycles. The van der Waals surface area contributed by atoms with Crippen molar-refractivity contribution in [2.75, 3.05) is 6.61 Å². The van der Waals surface area contributed by atoms with Crippen LogP contribution in [-0.2, 0) is 14.2 Å². The topological polar surface area (TPSA) is 44.8 Å². The van der Waals surface area contributed by atoms with Crippen molar-refractivity contribution in [3.8, 4) is 0 Å². The zero-order valence-electron chi connectivity index (χ0n) is 13.8. The van der Waals surface area contributed by atoms with Gasteiger partial charge in [-0.3, -0.25) is 4.79 Å². The third-order valence-electron chi connectivity index (χ3n) is 4.48. The van der Waals surface area contributed by atoms with Crippen LogP contribution in [0.5, 0.6) is 0 Å². The van der Waals surface area contributed by atoms with E-state index in [-0.39, 0.29) is 30.4 Å². The molecule has 0 aromatic heterocycles. The van der Waals surface area contributed by atoms with Crippen LogP contribution in [0.1, 0.15) is 28.6 Å². The van der Waals surface area contributed by atoms with Gasteiger partial charge in [-0.1, -0.05) is 72.8 Å². The third-order valence-corrected chi connectivity index (χ3v) is 4.48. The number of fused-ring (bicyclic) bond motifs is 1. The van der Waals surface area contributed by atoms with Crippen molar-refractivity contribution in [2.45, 2.75) is 31.0 Å². The molecular weight excluding hydrogens is 316 g/mol. The van der Waals surface area contributed by atoms with Gasteiger partial charge in [0.2, 0.25) is 0 Å². The molecule has 0 N–H and O–H groups in total. The maximum atomic E-state index is 12.3. The summed E-state index contributed by atoms with van der Waals surface area (Å²) in [5.41, 5.74) is 1.71. The summed E-state index contributed by atoms with van der Waals surface area (Å²) >= 11 is 0. The van der Waals surface area contributed by atoms with E-state index in [4.69, 9.17) is 14.2 Å². The Hall–Kier alpha value is -2.27. The molecule has 2 aromatic rings. The molecule has 1 fully saturated rings. The minimum atomic E-state index is -0.377. The fraction of sp³-hybridized carbons (Fsp3) is 0.286. The Morgan fingerprint density at radius 2 is 1.64 bits per heavy atom. The quantitative estimate of drug-likeness (QED) is 0.631. The number of ketones is 1. The zero-order chi connectivity index (χ0) is 17.1. The van der Waals surface area contributed by atoms with Crippen molar-refractivity contribution in [3.05, 3.63) is 83.9 Å². The molecule has 2 aliphatic rings. The standard InChI is InChI=1S/C21H20O4/c22-18(15-7-3-1-4-8-15)13-17-11-12-19-20(24-17)14-23-21(25-19)16-9-5-2-6-10-16/h1-12,17,19-21H,13-14H2/t17-,19-,20+,21?/m0/s1. The summed E-state index contributed by atoms with van der Waals surface area (Å²) in [6.45, 7) is 0.449. The largest absolute Gasteiger partial charge is 0.365 e. The first-order chi connectivity index (χ1) is 12.3. The molecular formula is C21H20O4. The number of benzene rings is 2. The maximum Gasteiger partial charge on any atom is 0.184 e. The van der Waals surface area contributed by atoms with Gasteiger partial charge in [-0.2, -0.15) is 0 Å². The van der Waals surface area contributed by atoms with E-state index < -0.39 is 0 Å². The molecule has 0 saturated carbocycles. The minimum Gasteiger partial charge on any atom is -0.365 e. The predicted octanol–water partition coefficient (Wildman–Crippen LogP) is 3.70. The van der Waals surface area contributed by atoms with Gasteiger partial charge in [0, 0.05) is 17.5 Å². The van der Waals surface area contributed by atoms with E-state index in [9.17, 15) is 4.79 Å². The Bertz CT molecular complexity index is 741. The van der Waals surface area contributed by atoms with E-state index in [2.05, 4.69) is 0 Å². The van der Waals surface area contributed by atoms with Gasteiger partial charge in [-0.05, 0) is 0 Å². The van der Waals surface area contributed by atoms with Crippen LogP contribution in [0.25, 0.3) is 0 Å². The summed E-state index contributed by atoms with van der Waals surface area (Å²) in [5.74, 6) is 0.0773. The van der Waals surface area contributed by atoms with Crippen molar-refractivity contribution in [1.82, 2.24) is 0 Å². The summed E-state index contributed by atoms with van der Waals surface area (Å²) in [6.07, 6.45) is 3.30. The number of Topliss-reactive ketones (excluding diaryl/α,β-unsaturated/α-hetero) is 1. The molecule has 0 radical (unpaired) electrons. The Kier molecular flexibility index (Phi) is 4.74. The molecule has 0 bridgehead atoms. The van der Waals surface area contributed by atoms with Crippen molar-refractivity contribution >= 4 is 5.78 Å². The highest BCUT2D eigenvalue weighted by molar-refractivity contribution is 5.96. The molecule has 0 amide bonds. The van der Waals surface area contributed by atoms with Crippen LogP contribution in [0, 0.1) is 0 Å². The highest BCUT2D eigenvalue weighted by Crippen LogP contribution is 2.31. The second kappa shape index (κ2) is 7.31. The molecule has 4 rings (SSSR count). The summed E-state index contributed by atoms with van der Waals surface area (Å²) in [4.78, 5) is 12.3. The van der Waals surface area contributed by atoms with Gasteiger partial charge in [0.15, 0.2) is 12.1 Å². The first-order valence-corrected chi connectivity index (χ1v) is 8.53. The average Bonchev–Trinajstić information content (AvgIpc) is 2.69. The molecule has 0 aliphatic carbocycles. The van der Waals surface area contributed by atoms with Crippen molar-refractivity contribution < 1.29 is 19.0 Å². The molecule has 25 heavy (non-hydrogen) atoms. The monoisotopic (exact) mass is 336 g/mol. The summed E-state index contributed by atoms with van der Waals surface area (Å²) in [7, 11) is 0. The second-order valence-corrected chi connectivity index (χ2v) is 6.27. The molecule has 128 valence electrons. The van der Waals surface area contributed by atoms with Crippen LogP contribution in [0.4, 0.5) is 0 Å². The molecule has 1 saturated heterocycles. The van der Waals surface area contributed by atoms with Crippen LogP contribution in [0.3, 0.4) is 0 Å². The van der Waals surface area contributed by atoms with Gasteiger partial charge in [-0.15, -0.1) is 0 Å². The molecule has 4 atom stereocenters. The summed E-state index contributed by atoms with van der Waals surface area (Å²) < 4.78 is 17.8. The second-order valence-electron chi connectivity index (χ2n) is 6.27. The highest BCUT2D eigenvalue weighted by atomic mass is 16.7. The van der Waals surface area contributed by atoms with Gasteiger partial charge in [0.05, 0.1) is 12.7 Å². The first kappa shape index (κ1) is 16.2. The average molecular weight is 336 g/mol. The molecule has 4 heteroatoms. The maximum absolute atomic E-state index is 12.3. The van der Waals surface area contributed by atoms with Crippen molar-refractivity contribution in [2.24, 2.45) is 0 Å². The van der Waals surface area contributed by atoms with Crippen molar-refractivity contribution in [3.63, 3.8) is 0 Å². The summed E-state index contributed by atoms with van der Waals surface area (Å²) in [5, 5.41) is 0. The van der Waals surface area contributed by atoms with Gasteiger partial charge in [0.25, 0.3) is 0 Å². The zero-order valence-corrected chi connectivity index (χ0v) is 13.8. The Morgan fingerprint density at radius 1 is 0.920 bits per heavy atom. The number of rotatable bonds is 4. The number of carbonyl (C=O) groups is 1. The lowest BCUT2D eigenvalue weighted by Gasteiger charge is -2.39. The molecule has 2 aliphatic heterocycles. The first-order valence-electron chi connectivity index (χ1n) is 8.53. The smallest absolute Gasteiger partial charge is 0.184 e. The van der Waals surface area contributed by atoms with Crippen LogP contribution < -0.4 is 0 Å². The fourth-order valence-electron chi connectivity index (χ4n) is 3.16. The number of hydrogen-bond donors (Lipinski definition) is 0. The van der Waals surface area contributed by atoms with Crippen LogP contribution in [0.15, 0.2) is 72.8 Å². The SMILES string of the molecule is O=C(C[C@@H]1C=C[C@@H]2OC(c3ccccc3)OC[C@H]2O1)c1ccccc1. The Balaban J connectivity index is 1.39. The molecule has 1 unspecified atom stereocenters. The number of hydrogen-bond acceptors (Lipinski definition) is 4. The van der Waals surface area contributed by atoms with E-state index >= 15 is 0 Å². The Labute approximate surface area is 147 Å². The van der Waals surface area contributed by atoms with E-state index in [1.54, 1.807) is 0 Å². The third kappa shape index (κ3) is 3.71. The number of carbonyl (C=O) groups excluding carboxylic acids is 1. The fourth-order valence-corrected chi connectivity index (χ4v) is 3.16. The van der Waals surface area contributed by atoms with E-state index in [1.807, 2.05) is 72.8 Å². The lowest BCUT2D eigenvalue weighted by atomic mass is 10.0. The van der Waals surface area contributed by atoms with Gasteiger partial charge < -0.3 is 14.2 Å². The number of ether oxygens (including phenoxy) is 3. The van der Waals surface area contributed by atoms with Gasteiger partial charge in [-0.25, -0.2) is 0 Å². The van der Waals surface area contributed by atoms with Crippen LogP contribution >= 0.6 is 0 Å². The normalized spacial score (nSPS) is 28.3. The summed E-state index contributed by atoms with van der Waals surface area (Å²) in [6, 6.07) is 19.2. The van der Waals surface area contributed by atoms with E-state index in [1.165, 1.54) is 0 Å². The van der Waals surface area contributed by atoms with Crippen molar-refractivity contribution in [1.29, 1.82) is 0 Å². The minimum absolute atomic E-state index is 0.0773. The lowest BCUT2D eigenvalue weighted by molar-refractivity contribution is -0.261. The van der Waals surface area contributed by atoms with Gasteiger partial charge >= 0.3 is 0 Å². The van der Waals surface area contributed by atoms with E-state index in [0.717, 1.165) is 5.56 Å². The Morgan fingerprint density at radius 3 is 2.40 bits per heavy atom. The van der Waals surface area contributed by atoms with Crippen LogP contribution in [-0.4, -0.2) is 30.7 Å². The highest BCUT2D eigenvalue weighted by Gasteiger charge is 2.36. The molecule has 2 heterocycles. The molecule has 0 spiro atoms. The van der Waals surface area contributed by atoms with Gasteiger partial charge in [0.1, 0.15) is 12.2 Å². The lowest BCUT2D eigenvalue weighted by Crippen LogP contribution is -2.45. The molecule has 4 nitrogen and oxygen atoms in total. The van der Waals surface area contributed by atoms with Crippen LogP contribution in [0.2, 0.25) is 0 Å². The van der Waals surface area contributed by atoms with E-state index in [0.29, 0.717) is 18.6 Å².